The van der Waals surface area contributed by atoms with E-state index in [1.807, 2.05) is 0 Å². The quantitative estimate of drug-likeness (QED) is 0.695. The summed E-state index contributed by atoms with van der Waals surface area (Å²) in [6.07, 6.45) is 0. The highest BCUT2D eigenvalue weighted by molar-refractivity contribution is 5.83. The van der Waals surface area contributed by atoms with Gasteiger partial charge in [0.15, 0.2) is 0 Å². The van der Waals surface area contributed by atoms with Crippen LogP contribution in [0.1, 0.15) is 30.5 Å². The van der Waals surface area contributed by atoms with Crippen LogP contribution in [0.5, 0.6) is 0 Å². The van der Waals surface area contributed by atoms with Gasteiger partial charge in [-0.25, -0.2) is 14.3 Å². The van der Waals surface area contributed by atoms with E-state index in [2.05, 4.69) is 5.10 Å². The van der Waals surface area contributed by atoms with Gasteiger partial charge in [-0.2, -0.15) is 0 Å². The molecule has 0 saturated carbocycles. The minimum atomic E-state index is -1.19. The lowest BCUT2D eigenvalue weighted by Gasteiger charge is -2.04. The molecule has 0 saturated heterocycles. The van der Waals surface area contributed by atoms with Crippen molar-refractivity contribution in [2.24, 2.45) is 7.05 Å². The van der Waals surface area contributed by atoms with E-state index in [4.69, 9.17) is 5.11 Å². The second-order valence-corrected chi connectivity index (χ2v) is 3.00. The van der Waals surface area contributed by atoms with Crippen LogP contribution in [0.4, 0.5) is 0 Å². The molecule has 13 heavy (non-hydrogen) atoms. The average molecular weight is 185 g/mol. The fourth-order valence-corrected chi connectivity index (χ4v) is 1.09. The Morgan fingerprint density at radius 2 is 2.08 bits per heavy atom. The summed E-state index contributed by atoms with van der Waals surface area (Å²) >= 11 is 0. The molecule has 1 rings (SSSR count). The van der Waals surface area contributed by atoms with E-state index >= 15 is 0 Å². The van der Waals surface area contributed by atoms with Gasteiger partial charge in [0.1, 0.15) is 0 Å². The molecule has 0 radical (unpaired) electrons. The van der Waals surface area contributed by atoms with Gasteiger partial charge < -0.3 is 5.11 Å². The van der Waals surface area contributed by atoms with E-state index in [1.165, 1.54) is 7.05 Å². The molecule has 0 fully saturated rings. The maximum absolute atomic E-state index is 11.3. The lowest BCUT2D eigenvalue weighted by molar-refractivity contribution is 0.0675. The predicted molar refractivity (Wildman–Crippen MR) is 44.8 cm³/mol. The molecule has 1 aromatic rings. The van der Waals surface area contributed by atoms with Crippen LogP contribution in [0.25, 0.3) is 0 Å². The predicted octanol–water partition coefficient (Wildman–Crippen LogP) is -0.139. The van der Waals surface area contributed by atoms with E-state index in [0.717, 1.165) is 9.25 Å². The molecule has 1 aromatic heterocycles. The largest absolute Gasteiger partial charge is 0.475 e. The second-order valence-electron chi connectivity index (χ2n) is 3.00. The van der Waals surface area contributed by atoms with Crippen LogP contribution in [-0.2, 0) is 7.05 Å². The average Bonchev–Trinajstić information content (AvgIpc) is 2.28. The van der Waals surface area contributed by atoms with Gasteiger partial charge >= 0.3 is 11.7 Å². The Morgan fingerprint density at radius 3 is 2.38 bits per heavy atom. The molecule has 0 unspecified atom stereocenters. The molecular weight excluding hydrogens is 174 g/mol. The van der Waals surface area contributed by atoms with Crippen LogP contribution >= 0.6 is 0 Å². The molecule has 1 heterocycles. The van der Waals surface area contributed by atoms with Gasteiger partial charge in [0.05, 0.1) is 0 Å². The Morgan fingerprint density at radius 1 is 1.54 bits per heavy atom. The smallest absolute Gasteiger partial charge is 0.374 e. The van der Waals surface area contributed by atoms with E-state index < -0.39 is 11.7 Å². The van der Waals surface area contributed by atoms with Crippen LogP contribution < -0.4 is 5.69 Å². The van der Waals surface area contributed by atoms with Crippen LogP contribution in [-0.4, -0.2) is 25.4 Å². The third-order valence-electron chi connectivity index (χ3n) is 1.66. The number of nitrogens with zero attached hydrogens (tertiary/aromatic N) is 3. The number of carboxylic acid groups (broad SMARTS) is 1. The molecule has 0 bridgehead atoms. The molecule has 0 amide bonds. The Hall–Kier alpha value is -1.59. The summed E-state index contributed by atoms with van der Waals surface area (Å²) in [4.78, 5) is 22.0. The van der Waals surface area contributed by atoms with Crippen molar-refractivity contribution in [3.8, 4) is 0 Å². The maximum atomic E-state index is 11.3. The van der Waals surface area contributed by atoms with Crippen molar-refractivity contribution < 1.29 is 9.90 Å². The Kier molecular flexibility index (Phi) is 2.22. The lowest BCUT2D eigenvalue weighted by Crippen LogP contribution is -2.25. The first-order chi connectivity index (χ1) is 5.95. The normalized spacial score (nSPS) is 10.8. The topological polar surface area (TPSA) is 77.1 Å². The zero-order valence-electron chi connectivity index (χ0n) is 7.68. The monoisotopic (exact) mass is 185 g/mol. The van der Waals surface area contributed by atoms with Crippen molar-refractivity contribution >= 4 is 5.97 Å². The van der Waals surface area contributed by atoms with Crippen molar-refractivity contribution in [3.63, 3.8) is 0 Å². The molecule has 6 heteroatoms. The van der Waals surface area contributed by atoms with Gasteiger partial charge in [0, 0.05) is 13.1 Å². The zero-order valence-corrected chi connectivity index (χ0v) is 7.68. The maximum Gasteiger partial charge on any atom is 0.374 e. The van der Waals surface area contributed by atoms with Crippen LogP contribution in [0.15, 0.2) is 4.79 Å². The summed E-state index contributed by atoms with van der Waals surface area (Å²) in [5, 5.41) is 12.3. The Bertz CT molecular complexity index is 388. The number of aromatic carboxylic acids is 1. The Labute approximate surface area is 74.4 Å². The number of carboxylic acids is 1. The van der Waals surface area contributed by atoms with Gasteiger partial charge in [-0.05, 0) is 13.8 Å². The summed E-state index contributed by atoms with van der Waals surface area (Å²) in [6.45, 7) is 3.46. The molecule has 72 valence electrons. The molecular formula is C7H11N3O3. The van der Waals surface area contributed by atoms with E-state index in [1.54, 1.807) is 13.8 Å². The van der Waals surface area contributed by atoms with Gasteiger partial charge in [0.25, 0.3) is 0 Å². The fourth-order valence-electron chi connectivity index (χ4n) is 1.09. The van der Waals surface area contributed by atoms with Crippen molar-refractivity contribution in [2.45, 2.75) is 19.9 Å². The fraction of sp³-hybridized carbons (Fsp3) is 0.571. The van der Waals surface area contributed by atoms with Gasteiger partial charge in [-0.3, -0.25) is 4.57 Å². The molecule has 0 atom stereocenters. The number of aryl methyl sites for hydroxylation is 1. The number of rotatable bonds is 2. The van der Waals surface area contributed by atoms with E-state index in [0.29, 0.717) is 0 Å². The molecule has 0 aliphatic heterocycles. The minimum Gasteiger partial charge on any atom is -0.475 e. The van der Waals surface area contributed by atoms with Crippen LogP contribution in [0.2, 0.25) is 0 Å². The second kappa shape index (κ2) is 3.04. The highest BCUT2D eigenvalue weighted by atomic mass is 16.4. The summed E-state index contributed by atoms with van der Waals surface area (Å²) in [6, 6.07) is -0.202. The van der Waals surface area contributed by atoms with E-state index in [9.17, 15) is 9.59 Å². The minimum absolute atomic E-state index is 0.202. The highest BCUT2D eigenvalue weighted by Gasteiger charge is 2.18. The van der Waals surface area contributed by atoms with Crippen molar-refractivity contribution in [1.82, 2.24) is 14.3 Å². The number of hydrogen-bond donors (Lipinski definition) is 1. The summed E-state index contributed by atoms with van der Waals surface area (Å²) < 4.78 is 2.16. The molecule has 1 N–H and O–H groups in total. The third-order valence-corrected chi connectivity index (χ3v) is 1.66. The zero-order chi connectivity index (χ0) is 10.2. The number of hydrogen-bond acceptors (Lipinski definition) is 3. The summed E-state index contributed by atoms with van der Waals surface area (Å²) in [7, 11) is 1.42. The SMILES string of the molecule is CC(C)n1c(C(=O)O)nn(C)c1=O. The van der Waals surface area contributed by atoms with Crippen molar-refractivity contribution in [2.75, 3.05) is 0 Å². The van der Waals surface area contributed by atoms with Crippen LogP contribution in [0, 0.1) is 0 Å². The molecule has 0 aliphatic carbocycles. The van der Waals surface area contributed by atoms with Gasteiger partial charge in [-0.1, -0.05) is 0 Å². The van der Waals surface area contributed by atoms with E-state index in [-0.39, 0.29) is 11.9 Å². The summed E-state index contributed by atoms with van der Waals surface area (Å²) in [5.41, 5.74) is -0.410. The number of aromatic nitrogens is 3. The van der Waals surface area contributed by atoms with Gasteiger partial charge in [0.2, 0.25) is 5.82 Å². The molecule has 6 nitrogen and oxygen atoms in total. The standard InChI is InChI=1S/C7H11N3O3/c1-4(2)10-5(6(11)12)8-9(3)7(10)13/h4H,1-3H3,(H,11,12). The van der Waals surface area contributed by atoms with Crippen LogP contribution in [0.3, 0.4) is 0 Å². The molecule has 0 aliphatic rings. The van der Waals surface area contributed by atoms with Crippen molar-refractivity contribution in [3.05, 3.63) is 16.3 Å². The first kappa shape index (κ1) is 9.50. The van der Waals surface area contributed by atoms with Gasteiger partial charge in [-0.15, -0.1) is 5.10 Å². The summed E-state index contributed by atoms with van der Waals surface area (Å²) in [5.74, 6) is -1.41. The molecule has 0 aromatic carbocycles. The Balaban J connectivity index is 3.45. The number of carbonyl (C=O) groups is 1. The first-order valence-electron chi connectivity index (χ1n) is 3.84. The van der Waals surface area contributed by atoms with Crippen molar-refractivity contribution in [1.29, 1.82) is 0 Å². The molecule has 0 spiro atoms. The lowest BCUT2D eigenvalue weighted by atomic mass is 10.4. The highest BCUT2D eigenvalue weighted by Crippen LogP contribution is 2.03. The first-order valence-corrected chi connectivity index (χ1v) is 3.84. The third kappa shape index (κ3) is 1.47.